The molecule has 17 heavy (non-hydrogen) atoms. The second kappa shape index (κ2) is 4.70. The molecule has 86 valence electrons. The number of ether oxygens (including phenoxy) is 1. The first-order valence-corrected chi connectivity index (χ1v) is 5.23. The van der Waals surface area contributed by atoms with E-state index in [4.69, 9.17) is 9.84 Å². The van der Waals surface area contributed by atoms with Crippen LogP contribution in [0.3, 0.4) is 0 Å². The first kappa shape index (κ1) is 11.2. The third kappa shape index (κ3) is 2.13. The van der Waals surface area contributed by atoms with Crippen LogP contribution in [0.1, 0.15) is 10.4 Å². The normalized spacial score (nSPS) is 10.1. The lowest BCUT2D eigenvalue weighted by atomic mass is 10.1. The van der Waals surface area contributed by atoms with Crippen LogP contribution < -0.4 is 4.74 Å². The molecule has 2 aromatic carbocycles. The van der Waals surface area contributed by atoms with Crippen molar-refractivity contribution in [3.8, 4) is 5.75 Å². The van der Waals surface area contributed by atoms with Gasteiger partial charge >= 0.3 is 5.97 Å². The van der Waals surface area contributed by atoms with E-state index in [0.717, 1.165) is 10.8 Å². The second-order valence-electron chi connectivity index (χ2n) is 3.57. The fraction of sp³-hybridized carbons (Fsp3) is 0.0714. The molecule has 0 radical (unpaired) electrons. The van der Waals surface area contributed by atoms with E-state index in [9.17, 15) is 4.79 Å². The number of benzene rings is 2. The van der Waals surface area contributed by atoms with E-state index in [1.807, 2.05) is 24.3 Å². The Balaban J connectivity index is 2.65. The van der Waals surface area contributed by atoms with Crippen LogP contribution in [0.5, 0.6) is 5.75 Å². The van der Waals surface area contributed by atoms with Gasteiger partial charge in [-0.25, -0.2) is 4.79 Å². The fourth-order valence-electron chi connectivity index (χ4n) is 1.71. The molecule has 3 nitrogen and oxygen atoms in total. The number of carboxylic acid groups (broad SMARTS) is 1. The van der Waals surface area contributed by atoms with Gasteiger partial charge in [-0.3, -0.25) is 0 Å². The van der Waals surface area contributed by atoms with Gasteiger partial charge < -0.3 is 9.84 Å². The average Bonchev–Trinajstić information content (AvgIpc) is 2.35. The minimum atomic E-state index is -0.991. The Morgan fingerprint density at radius 2 is 2.06 bits per heavy atom. The van der Waals surface area contributed by atoms with E-state index in [-0.39, 0.29) is 12.2 Å². The molecule has 0 aliphatic rings. The molecule has 0 aliphatic carbocycles. The summed E-state index contributed by atoms with van der Waals surface area (Å²) in [4.78, 5) is 11.1. The topological polar surface area (TPSA) is 46.5 Å². The minimum absolute atomic E-state index is 0.172. The summed E-state index contributed by atoms with van der Waals surface area (Å²) < 4.78 is 5.46. The van der Waals surface area contributed by atoms with Crippen molar-refractivity contribution in [3.05, 3.63) is 54.6 Å². The molecule has 0 aliphatic heterocycles. The van der Waals surface area contributed by atoms with Crippen molar-refractivity contribution in [1.82, 2.24) is 0 Å². The van der Waals surface area contributed by atoms with Gasteiger partial charge in [0.25, 0.3) is 0 Å². The lowest BCUT2D eigenvalue weighted by Crippen LogP contribution is -2.03. The number of rotatable bonds is 4. The maximum atomic E-state index is 11.1. The number of carboxylic acids is 1. The predicted molar refractivity (Wildman–Crippen MR) is 66.6 cm³/mol. The van der Waals surface area contributed by atoms with Gasteiger partial charge in [0.2, 0.25) is 0 Å². The summed E-state index contributed by atoms with van der Waals surface area (Å²) in [5, 5.41) is 10.9. The zero-order valence-corrected chi connectivity index (χ0v) is 9.22. The number of hydrogen-bond donors (Lipinski definition) is 1. The van der Waals surface area contributed by atoms with Crippen LogP contribution in [0.4, 0.5) is 0 Å². The molecule has 0 fully saturated rings. The highest BCUT2D eigenvalue weighted by Crippen LogP contribution is 2.29. The van der Waals surface area contributed by atoms with Crippen molar-refractivity contribution >= 4 is 16.7 Å². The van der Waals surface area contributed by atoms with Crippen molar-refractivity contribution in [2.45, 2.75) is 0 Å². The third-order valence-electron chi connectivity index (χ3n) is 2.46. The van der Waals surface area contributed by atoms with Crippen molar-refractivity contribution in [3.63, 3.8) is 0 Å². The van der Waals surface area contributed by atoms with Gasteiger partial charge in [0.05, 0.1) is 0 Å². The molecule has 1 N–H and O–H groups in total. The summed E-state index contributed by atoms with van der Waals surface area (Å²) in [5.41, 5.74) is 0.172. The Bertz CT molecular complexity index is 573. The molecule has 0 saturated carbocycles. The van der Waals surface area contributed by atoms with Crippen LogP contribution in [0.15, 0.2) is 49.1 Å². The van der Waals surface area contributed by atoms with Crippen LogP contribution in [0.25, 0.3) is 10.8 Å². The maximum absolute atomic E-state index is 11.1. The number of carbonyl (C=O) groups is 1. The molecule has 2 rings (SSSR count). The van der Waals surface area contributed by atoms with Gasteiger partial charge in [0, 0.05) is 5.39 Å². The quantitative estimate of drug-likeness (QED) is 0.818. The maximum Gasteiger partial charge on any atom is 0.339 e. The lowest BCUT2D eigenvalue weighted by molar-refractivity contribution is 0.0693. The molecule has 0 bridgehead atoms. The van der Waals surface area contributed by atoms with Crippen molar-refractivity contribution < 1.29 is 14.6 Å². The third-order valence-corrected chi connectivity index (χ3v) is 2.46. The smallest absolute Gasteiger partial charge is 0.339 e. The van der Waals surface area contributed by atoms with Gasteiger partial charge in [-0.05, 0) is 11.5 Å². The van der Waals surface area contributed by atoms with E-state index in [1.54, 1.807) is 18.2 Å². The van der Waals surface area contributed by atoms with Crippen LogP contribution in [-0.2, 0) is 0 Å². The molecule has 0 saturated heterocycles. The summed E-state index contributed by atoms with van der Waals surface area (Å²) in [6, 6.07) is 10.9. The summed E-state index contributed by atoms with van der Waals surface area (Å²) in [5.74, 6) is -0.592. The summed E-state index contributed by atoms with van der Waals surface area (Å²) in [6.45, 7) is 3.84. The number of aromatic carboxylic acids is 1. The summed E-state index contributed by atoms with van der Waals surface area (Å²) >= 11 is 0. The van der Waals surface area contributed by atoms with Gasteiger partial charge in [0.15, 0.2) is 0 Å². The highest BCUT2D eigenvalue weighted by Gasteiger charge is 2.14. The lowest BCUT2D eigenvalue weighted by Gasteiger charge is -2.10. The molecule has 0 unspecified atom stereocenters. The standard InChI is InChI=1S/C14H12O3/c1-2-9-17-13-11-6-4-3-5-10(11)7-8-12(13)14(15)16/h2-8H,1,9H2,(H,15,16). The summed E-state index contributed by atoms with van der Waals surface area (Å²) in [7, 11) is 0. The van der Waals surface area contributed by atoms with E-state index < -0.39 is 5.97 Å². The molecular weight excluding hydrogens is 216 g/mol. The van der Waals surface area contributed by atoms with Gasteiger partial charge in [-0.15, -0.1) is 0 Å². The van der Waals surface area contributed by atoms with Crippen LogP contribution in [-0.4, -0.2) is 17.7 Å². The van der Waals surface area contributed by atoms with E-state index in [0.29, 0.717) is 5.75 Å². The first-order valence-electron chi connectivity index (χ1n) is 5.23. The minimum Gasteiger partial charge on any atom is -0.488 e. The fourth-order valence-corrected chi connectivity index (χ4v) is 1.71. The second-order valence-corrected chi connectivity index (χ2v) is 3.57. The van der Waals surface area contributed by atoms with Crippen molar-refractivity contribution in [1.29, 1.82) is 0 Å². The monoisotopic (exact) mass is 228 g/mol. The van der Waals surface area contributed by atoms with Gasteiger partial charge in [-0.2, -0.15) is 0 Å². The Morgan fingerprint density at radius 3 is 2.76 bits per heavy atom. The molecular formula is C14H12O3. The zero-order valence-electron chi connectivity index (χ0n) is 9.22. The van der Waals surface area contributed by atoms with Crippen LogP contribution in [0, 0.1) is 0 Å². The molecule has 0 atom stereocenters. The summed E-state index contributed by atoms with van der Waals surface area (Å²) in [6.07, 6.45) is 1.59. The largest absolute Gasteiger partial charge is 0.488 e. The van der Waals surface area contributed by atoms with Crippen molar-refractivity contribution in [2.75, 3.05) is 6.61 Å². The highest BCUT2D eigenvalue weighted by atomic mass is 16.5. The number of hydrogen-bond acceptors (Lipinski definition) is 2. The molecule has 0 aromatic heterocycles. The molecule has 3 heteroatoms. The Hall–Kier alpha value is -2.29. The molecule has 0 amide bonds. The Kier molecular flexibility index (Phi) is 3.10. The number of fused-ring (bicyclic) bond motifs is 1. The van der Waals surface area contributed by atoms with Crippen LogP contribution in [0.2, 0.25) is 0 Å². The van der Waals surface area contributed by atoms with E-state index >= 15 is 0 Å². The predicted octanol–water partition coefficient (Wildman–Crippen LogP) is 3.10. The first-order chi connectivity index (χ1) is 8.24. The zero-order chi connectivity index (χ0) is 12.3. The molecule has 0 spiro atoms. The van der Waals surface area contributed by atoms with Gasteiger partial charge in [0.1, 0.15) is 17.9 Å². The Labute approximate surface area is 99.0 Å². The SMILES string of the molecule is C=CCOc1c(C(=O)O)ccc2ccccc12. The van der Waals surface area contributed by atoms with E-state index in [1.165, 1.54) is 0 Å². The average molecular weight is 228 g/mol. The molecule has 2 aromatic rings. The molecule has 0 heterocycles. The van der Waals surface area contributed by atoms with Gasteiger partial charge in [-0.1, -0.05) is 43.0 Å². The highest BCUT2D eigenvalue weighted by molar-refractivity contribution is 6.00. The van der Waals surface area contributed by atoms with Crippen molar-refractivity contribution in [2.24, 2.45) is 0 Å². The Morgan fingerprint density at radius 1 is 1.29 bits per heavy atom. The van der Waals surface area contributed by atoms with E-state index in [2.05, 4.69) is 6.58 Å². The van der Waals surface area contributed by atoms with Crippen LogP contribution >= 0.6 is 0 Å².